The molecule has 4 heteroatoms. The zero-order valence-electron chi connectivity index (χ0n) is 11.7. The molecule has 0 aliphatic carbocycles. The Labute approximate surface area is 115 Å². The molecule has 0 radical (unpaired) electrons. The van der Waals surface area contributed by atoms with E-state index in [9.17, 15) is 4.79 Å². The molecule has 100 valence electrons. The molecule has 0 aliphatic heterocycles. The second-order valence-corrected chi connectivity index (χ2v) is 10.9. The molecule has 0 atom stereocenters. The zero-order valence-corrected chi connectivity index (χ0v) is 13.5. The van der Waals surface area contributed by atoms with Gasteiger partial charge in [-0.2, -0.15) is 0 Å². The van der Waals surface area contributed by atoms with Crippen LogP contribution in [0.1, 0.15) is 31.1 Å². The van der Waals surface area contributed by atoms with Gasteiger partial charge in [0.1, 0.15) is 5.75 Å². The Balaban J connectivity index is 2.85. The molecule has 0 fully saturated rings. The average Bonchev–Trinajstić information content (AvgIpc) is 2.27. The molecule has 18 heavy (non-hydrogen) atoms. The molecule has 0 bridgehead atoms. The van der Waals surface area contributed by atoms with Crippen molar-refractivity contribution in [2.75, 3.05) is 5.88 Å². The van der Waals surface area contributed by atoms with E-state index in [-0.39, 0.29) is 16.7 Å². The van der Waals surface area contributed by atoms with Gasteiger partial charge in [0, 0.05) is 5.56 Å². The van der Waals surface area contributed by atoms with Gasteiger partial charge in [0.15, 0.2) is 5.78 Å². The van der Waals surface area contributed by atoms with Crippen LogP contribution >= 0.6 is 11.6 Å². The van der Waals surface area contributed by atoms with E-state index in [2.05, 4.69) is 33.9 Å². The highest BCUT2D eigenvalue weighted by Gasteiger charge is 2.38. The lowest BCUT2D eigenvalue weighted by Gasteiger charge is -2.36. The average molecular weight is 285 g/mol. The van der Waals surface area contributed by atoms with Crippen molar-refractivity contribution in [3.05, 3.63) is 29.8 Å². The van der Waals surface area contributed by atoms with Crippen LogP contribution in [0.4, 0.5) is 0 Å². The fraction of sp³-hybridized carbons (Fsp3) is 0.500. The Hall–Kier alpha value is -0.803. The van der Waals surface area contributed by atoms with E-state index >= 15 is 0 Å². The summed E-state index contributed by atoms with van der Waals surface area (Å²) in [5, 5.41) is 0.164. The van der Waals surface area contributed by atoms with Gasteiger partial charge in [-0.3, -0.25) is 4.79 Å². The Morgan fingerprint density at radius 2 is 1.72 bits per heavy atom. The van der Waals surface area contributed by atoms with E-state index in [1.807, 2.05) is 12.1 Å². The minimum atomic E-state index is -1.81. The number of rotatable bonds is 4. The van der Waals surface area contributed by atoms with E-state index in [1.165, 1.54) is 0 Å². The van der Waals surface area contributed by atoms with Gasteiger partial charge in [-0.15, -0.1) is 11.6 Å². The van der Waals surface area contributed by atoms with Crippen molar-refractivity contribution in [2.24, 2.45) is 0 Å². The lowest BCUT2D eigenvalue weighted by Crippen LogP contribution is -2.43. The smallest absolute Gasteiger partial charge is 0.250 e. The van der Waals surface area contributed by atoms with Crippen molar-refractivity contribution in [1.82, 2.24) is 0 Å². The topological polar surface area (TPSA) is 26.3 Å². The van der Waals surface area contributed by atoms with E-state index in [0.717, 1.165) is 5.75 Å². The number of Topliss-reactive ketones (excluding diaryl/α,β-unsaturated/α-hetero) is 1. The van der Waals surface area contributed by atoms with Gasteiger partial charge in [0.05, 0.1) is 5.88 Å². The van der Waals surface area contributed by atoms with Gasteiger partial charge < -0.3 is 4.43 Å². The highest BCUT2D eigenvalue weighted by molar-refractivity contribution is 6.74. The number of hydrogen-bond acceptors (Lipinski definition) is 2. The van der Waals surface area contributed by atoms with Crippen LogP contribution in [0.3, 0.4) is 0 Å². The number of carbonyl (C=O) groups excluding carboxylic acids is 1. The molecule has 0 saturated heterocycles. The van der Waals surface area contributed by atoms with Gasteiger partial charge in [-0.05, 0) is 42.4 Å². The number of halogens is 1. The maximum atomic E-state index is 11.4. The first-order chi connectivity index (χ1) is 8.17. The molecule has 0 aromatic heterocycles. The molecule has 1 aromatic rings. The van der Waals surface area contributed by atoms with E-state index < -0.39 is 8.32 Å². The Kier molecular flexibility index (Phi) is 4.62. The third-order valence-electron chi connectivity index (χ3n) is 3.48. The van der Waals surface area contributed by atoms with Gasteiger partial charge in [0.25, 0.3) is 0 Å². The van der Waals surface area contributed by atoms with Crippen molar-refractivity contribution in [2.45, 2.75) is 38.9 Å². The van der Waals surface area contributed by atoms with Gasteiger partial charge in [0.2, 0.25) is 8.32 Å². The summed E-state index contributed by atoms with van der Waals surface area (Å²) in [4.78, 5) is 11.4. The third-order valence-corrected chi connectivity index (χ3v) is 8.08. The molecule has 0 heterocycles. The van der Waals surface area contributed by atoms with Gasteiger partial charge >= 0.3 is 0 Å². The van der Waals surface area contributed by atoms with Crippen molar-refractivity contribution >= 4 is 25.7 Å². The largest absolute Gasteiger partial charge is 0.544 e. The summed E-state index contributed by atoms with van der Waals surface area (Å²) >= 11 is 5.52. The van der Waals surface area contributed by atoms with Crippen LogP contribution in [0, 0.1) is 0 Å². The van der Waals surface area contributed by atoms with E-state index in [1.54, 1.807) is 12.1 Å². The van der Waals surface area contributed by atoms with Gasteiger partial charge in [-0.25, -0.2) is 0 Å². The first-order valence-electron chi connectivity index (χ1n) is 6.05. The minimum absolute atomic E-state index is 0.0163. The number of hydrogen-bond donors (Lipinski definition) is 0. The number of alkyl halides is 1. The van der Waals surface area contributed by atoms with Crippen LogP contribution in [-0.4, -0.2) is 20.0 Å². The first-order valence-corrected chi connectivity index (χ1v) is 9.50. The molecular formula is C14H21ClO2Si. The van der Waals surface area contributed by atoms with Crippen molar-refractivity contribution in [1.29, 1.82) is 0 Å². The van der Waals surface area contributed by atoms with Crippen LogP contribution in [-0.2, 0) is 0 Å². The molecule has 0 saturated carbocycles. The fourth-order valence-electron chi connectivity index (χ4n) is 1.23. The fourth-order valence-corrected chi connectivity index (χ4v) is 2.42. The Morgan fingerprint density at radius 1 is 1.22 bits per heavy atom. The monoisotopic (exact) mass is 284 g/mol. The van der Waals surface area contributed by atoms with Crippen LogP contribution in [0.2, 0.25) is 18.1 Å². The first kappa shape index (κ1) is 15.3. The highest BCUT2D eigenvalue weighted by Crippen LogP contribution is 2.37. The highest BCUT2D eigenvalue weighted by atomic mass is 35.5. The summed E-state index contributed by atoms with van der Waals surface area (Å²) in [7, 11) is -1.81. The quantitative estimate of drug-likeness (QED) is 0.462. The Bertz CT molecular complexity index is 418. The third kappa shape index (κ3) is 3.59. The normalized spacial score (nSPS) is 12.3. The lowest BCUT2D eigenvalue weighted by atomic mass is 10.1. The molecule has 2 nitrogen and oxygen atoms in total. The number of ketones is 1. The summed E-state index contributed by atoms with van der Waals surface area (Å²) in [6.07, 6.45) is 0. The van der Waals surface area contributed by atoms with Crippen molar-refractivity contribution in [3.8, 4) is 5.75 Å². The number of carbonyl (C=O) groups is 1. The summed E-state index contributed by atoms with van der Waals surface area (Å²) < 4.78 is 6.13. The summed E-state index contributed by atoms with van der Waals surface area (Å²) in [5.41, 5.74) is 0.632. The molecule has 0 aliphatic rings. The summed E-state index contributed by atoms with van der Waals surface area (Å²) in [6, 6.07) is 7.24. The molecule has 1 rings (SSSR count). The van der Waals surface area contributed by atoms with E-state index in [0.29, 0.717) is 5.56 Å². The van der Waals surface area contributed by atoms with Crippen molar-refractivity contribution in [3.63, 3.8) is 0 Å². The van der Waals surface area contributed by atoms with Crippen LogP contribution in [0.5, 0.6) is 5.75 Å². The van der Waals surface area contributed by atoms with E-state index in [4.69, 9.17) is 16.0 Å². The molecule has 0 amide bonds. The summed E-state index contributed by atoms with van der Waals surface area (Å²) in [5.74, 6) is 0.783. The maximum absolute atomic E-state index is 11.4. The van der Waals surface area contributed by atoms with Gasteiger partial charge in [-0.1, -0.05) is 20.8 Å². The molecule has 0 N–H and O–H groups in total. The maximum Gasteiger partial charge on any atom is 0.250 e. The number of benzene rings is 1. The second-order valence-electron chi connectivity index (χ2n) is 5.94. The van der Waals surface area contributed by atoms with Crippen LogP contribution in [0.15, 0.2) is 24.3 Å². The van der Waals surface area contributed by atoms with Crippen LogP contribution < -0.4 is 4.43 Å². The molecular weight excluding hydrogens is 264 g/mol. The molecule has 1 aromatic carbocycles. The SMILES string of the molecule is CC(C)(C)[Si](C)(C)Oc1ccc(C(=O)CCl)cc1. The van der Waals surface area contributed by atoms with Crippen molar-refractivity contribution < 1.29 is 9.22 Å². The molecule has 0 spiro atoms. The Morgan fingerprint density at radius 3 is 2.11 bits per heavy atom. The lowest BCUT2D eigenvalue weighted by molar-refractivity contribution is 0.102. The minimum Gasteiger partial charge on any atom is -0.544 e. The molecule has 0 unspecified atom stereocenters. The predicted octanol–water partition coefficient (Wildman–Crippen LogP) is 4.49. The predicted molar refractivity (Wildman–Crippen MR) is 79.3 cm³/mol. The zero-order chi connectivity index (χ0) is 14.0. The standard InChI is InChI=1S/C14H21ClO2Si/c1-14(2,3)18(4,5)17-12-8-6-11(7-9-12)13(16)10-15/h6-9H,10H2,1-5H3. The van der Waals surface area contributed by atoms with Crippen LogP contribution in [0.25, 0.3) is 0 Å². The second kappa shape index (κ2) is 5.45. The summed E-state index contributed by atoms with van der Waals surface area (Å²) in [6.45, 7) is 11.0.